The van der Waals surface area contributed by atoms with Crippen LogP contribution in [0.25, 0.3) is 0 Å². The first-order chi connectivity index (χ1) is 13.6. The van der Waals surface area contributed by atoms with Gasteiger partial charge in [0.25, 0.3) is 11.8 Å². The van der Waals surface area contributed by atoms with Crippen molar-refractivity contribution in [1.29, 1.82) is 0 Å². The average molecular weight is 383 g/mol. The van der Waals surface area contributed by atoms with E-state index in [1.54, 1.807) is 36.4 Å². The van der Waals surface area contributed by atoms with Crippen LogP contribution in [0.15, 0.2) is 48.5 Å². The number of ether oxygens (including phenoxy) is 1. The van der Waals surface area contributed by atoms with Crippen LogP contribution in [0.3, 0.4) is 0 Å². The first-order valence-electron chi connectivity index (χ1n) is 10.1. The molecule has 0 aliphatic rings. The van der Waals surface area contributed by atoms with Gasteiger partial charge in [0, 0.05) is 23.4 Å². The molecule has 2 aromatic carbocycles. The highest BCUT2D eigenvalue weighted by atomic mass is 16.5. The van der Waals surface area contributed by atoms with Crippen LogP contribution in [0.2, 0.25) is 0 Å². The van der Waals surface area contributed by atoms with Gasteiger partial charge in [-0.1, -0.05) is 33.1 Å². The molecule has 0 radical (unpaired) electrons. The summed E-state index contributed by atoms with van der Waals surface area (Å²) < 4.78 is 5.70. The lowest BCUT2D eigenvalue weighted by Crippen LogP contribution is -2.23. The van der Waals surface area contributed by atoms with Gasteiger partial charge >= 0.3 is 0 Å². The highest BCUT2D eigenvalue weighted by Crippen LogP contribution is 2.15. The minimum atomic E-state index is -0.197. The monoisotopic (exact) mass is 382 g/mol. The molecule has 2 rings (SSSR count). The Morgan fingerprint density at radius 3 is 2.07 bits per heavy atom. The second-order valence-electron chi connectivity index (χ2n) is 6.72. The van der Waals surface area contributed by atoms with Crippen molar-refractivity contribution in [3.8, 4) is 5.75 Å². The quantitative estimate of drug-likeness (QED) is 0.535. The topological polar surface area (TPSA) is 67.4 Å². The summed E-state index contributed by atoms with van der Waals surface area (Å²) in [6.45, 7) is 5.54. The van der Waals surface area contributed by atoms with Gasteiger partial charge in [0.2, 0.25) is 0 Å². The molecule has 0 aliphatic heterocycles. The first kappa shape index (κ1) is 21.5. The summed E-state index contributed by atoms with van der Waals surface area (Å²) in [5, 5.41) is 5.67. The molecule has 2 aromatic rings. The van der Waals surface area contributed by atoms with E-state index in [2.05, 4.69) is 17.6 Å². The molecule has 0 heterocycles. The molecule has 0 fully saturated rings. The standard InChI is InChI=1S/C23H30N2O3/c1-3-5-6-7-17-28-21-14-10-19(11-15-21)23(27)25-20-12-8-18(9-13-20)22(26)24-16-4-2/h8-15H,3-7,16-17H2,1-2H3,(H,24,26)(H,25,27). The summed E-state index contributed by atoms with van der Waals surface area (Å²) in [4.78, 5) is 24.3. The summed E-state index contributed by atoms with van der Waals surface area (Å²) in [5.74, 6) is 0.471. The lowest BCUT2D eigenvalue weighted by molar-refractivity contribution is 0.0953. The van der Waals surface area contributed by atoms with Crippen LogP contribution < -0.4 is 15.4 Å². The van der Waals surface area contributed by atoms with Crippen molar-refractivity contribution < 1.29 is 14.3 Å². The zero-order valence-corrected chi connectivity index (χ0v) is 16.8. The van der Waals surface area contributed by atoms with Gasteiger partial charge < -0.3 is 15.4 Å². The highest BCUT2D eigenvalue weighted by molar-refractivity contribution is 6.04. The third-order valence-corrected chi connectivity index (χ3v) is 4.32. The van der Waals surface area contributed by atoms with Crippen LogP contribution >= 0.6 is 0 Å². The van der Waals surface area contributed by atoms with Gasteiger partial charge in [-0.05, 0) is 61.4 Å². The molecule has 2 N–H and O–H groups in total. The summed E-state index contributed by atoms with van der Waals surface area (Å²) in [7, 11) is 0. The number of amides is 2. The third kappa shape index (κ3) is 7.06. The van der Waals surface area contributed by atoms with Crippen molar-refractivity contribution in [3.63, 3.8) is 0 Å². The van der Waals surface area contributed by atoms with Crippen molar-refractivity contribution in [2.24, 2.45) is 0 Å². The molecule has 5 nitrogen and oxygen atoms in total. The van der Waals surface area contributed by atoms with Gasteiger partial charge in [0.05, 0.1) is 6.61 Å². The van der Waals surface area contributed by atoms with Crippen LogP contribution in [0.4, 0.5) is 5.69 Å². The molecule has 0 spiro atoms. The van der Waals surface area contributed by atoms with Crippen LogP contribution in [0.5, 0.6) is 5.75 Å². The third-order valence-electron chi connectivity index (χ3n) is 4.32. The fourth-order valence-corrected chi connectivity index (χ4v) is 2.67. The maximum Gasteiger partial charge on any atom is 0.255 e. The number of hydrogen-bond acceptors (Lipinski definition) is 3. The number of carbonyl (C=O) groups is 2. The van der Waals surface area contributed by atoms with Crippen molar-refractivity contribution in [2.45, 2.75) is 46.0 Å². The Labute approximate surface area is 167 Å². The number of unbranched alkanes of at least 4 members (excludes halogenated alkanes) is 3. The number of hydrogen-bond donors (Lipinski definition) is 2. The molecule has 0 aliphatic carbocycles. The number of carbonyl (C=O) groups excluding carboxylic acids is 2. The number of benzene rings is 2. The molecule has 0 bridgehead atoms. The predicted octanol–water partition coefficient (Wildman–Crippen LogP) is 5.04. The zero-order chi connectivity index (χ0) is 20.2. The molecule has 150 valence electrons. The molecule has 0 saturated carbocycles. The average Bonchev–Trinajstić information content (AvgIpc) is 2.72. The van der Waals surface area contributed by atoms with Crippen LogP contribution in [0.1, 0.15) is 66.7 Å². The minimum Gasteiger partial charge on any atom is -0.494 e. The molecule has 0 aromatic heterocycles. The van der Waals surface area contributed by atoms with Crippen LogP contribution in [0, 0.1) is 0 Å². The van der Waals surface area contributed by atoms with Crippen molar-refractivity contribution in [2.75, 3.05) is 18.5 Å². The molecule has 0 unspecified atom stereocenters. The van der Waals surface area contributed by atoms with Crippen molar-refractivity contribution >= 4 is 17.5 Å². The summed E-state index contributed by atoms with van der Waals surface area (Å²) in [5.41, 5.74) is 1.78. The number of nitrogens with one attached hydrogen (secondary N) is 2. The van der Waals surface area contributed by atoms with E-state index in [0.29, 0.717) is 30.0 Å². The van der Waals surface area contributed by atoms with E-state index in [1.165, 1.54) is 19.3 Å². The first-order valence-corrected chi connectivity index (χ1v) is 10.1. The normalized spacial score (nSPS) is 10.4. The Kier molecular flexibility index (Phi) is 9.05. The van der Waals surface area contributed by atoms with E-state index in [0.717, 1.165) is 18.6 Å². The van der Waals surface area contributed by atoms with Crippen molar-refractivity contribution in [3.05, 3.63) is 59.7 Å². The van der Waals surface area contributed by atoms with E-state index in [1.807, 2.05) is 19.1 Å². The van der Waals surface area contributed by atoms with E-state index in [-0.39, 0.29) is 11.8 Å². The van der Waals surface area contributed by atoms with Gasteiger partial charge in [0.15, 0.2) is 0 Å². The molecule has 5 heteroatoms. The molecular weight excluding hydrogens is 352 g/mol. The lowest BCUT2D eigenvalue weighted by atomic mass is 10.1. The lowest BCUT2D eigenvalue weighted by Gasteiger charge is -2.09. The molecule has 0 saturated heterocycles. The molecule has 2 amide bonds. The Hall–Kier alpha value is -2.82. The largest absolute Gasteiger partial charge is 0.494 e. The Bertz CT molecular complexity index is 739. The van der Waals surface area contributed by atoms with E-state index in [9.17, 15) is 9.59 Å². The number of rotatable bonds is 11. The smallest absolute Gasteiger partial charge is 0.255 e. The summed E-state index contributed by atoms with van der Waals surface area (Å²) in [6.07, 6.45) is 5.55. The summed E-state index contributed by atoms with van der Waals surface area (Å²) in [6, 6.07) is 14.0. The van der Waals surface area contributed by atoms with Crippen LogP contribution in [-0.2, 0) is 0 Å². The second-order valence-corrected chi connectivity index (χ2v) is 6.72. The highest BCUT2D eigenvalue weighted by Gasteiger charge is 2.08. The fourth-order valence-electron chi connectivity index (χ4n) is 2.67. The molecule has 28 heavy (non-hydrogen) atoms. The fraction of sp³-hybridized carbons (Fsp3) is 0.391. The Morgan fingerprint density at radius 1 is 0.786 bits per heavy atom. The van der Waals surface area contributed by atoms with Gasteiger partial charge in [-0.15, -0.1) is 0 Å². The zero-order valence-electron chi connectivity index (χ0n) is 16.8. The Balaban J connectivity index is 1.84. The summed E-state index contributed by atoms with van der Waals surface area (Å²) >= 11 is 0. The SMILES string of the molecule is CCCCCCOc1ccc(C(=O)Nc2ccc(C(=O)NCCC)cc2)cc1. The molecular formula is C23H30N2O3. The van der Waals surface area contributed by atoms with Gasteiger partial charge in [-0.25, -0.2) is 0 Å². The second kappa shape index (κ2) is 11.8. The maximum atomic E-state index is 12.4. The maximum absolute atomic E-state index is 12.4. The Morgan fingerprint density at radius 2 is 1.43 bits per heavy atom. The van der Waals surface area contributed by atoms with Gasteiger partial charge in [-0.2, -0.15) is 0 Å². The van der Waals surface area contributed by atoms with Gasteiger partial charge in [0.1, 0.15) is 5.75 Å². The van der Waals surface area contributed by atoms with Crippen LogP contribution in [-0.4, -0.2) is 25.0 Å². The number of anilines is 1. The van der Waals surface area contributed by atoms with E-state index >= 15 is 0 Å². The predicted molar refractivity (Wildman–Crippen MR) is 113 cm³/mol. The van der Waals surface area contributed by atoms with Gasteiger partial charge in [-0.3, -0.25) is 9.59 Å². The molecule has 0 atom stereocenters. The van der Waals surface area contributed by atoms with E-state index < -0.39 is 0 Å². The van der Waals surface area contributed by atoms with Crippen molar-refractivity contribution in [1.82, 2.24) is 5.32 Å². The van der Waals surface area contributed by atoms with E-state index in [4.69, 9.17) is 4.74 Å². The minimum absolute atomic E-state index is 0.106.